The van der Waals surface area contributed by atoms with Gasteiger partial charge in [0.25, 0.3) is 0 Å². The quantitative estimate of drug-likeness (QED) is 0.741. The van der Waals surface area contributed by atoms with Crippen molar-refractivity contribution in [2.24, 2.45) is 0 Å². The van der Waals surface area contributed by atoms with Gasteiger partial charge in [0.1, 0.15) is 0 Å². The number of carboxylic acids is 1. The lowest BCUT2D eigenvalue weighted by Gasteiger charge is -2.02. The maximum absolute atomic E-state index is 10.2. The molecular weight excluding hydrogens is 178 g/mol. The van der Waals surface area contributed by atoms with Crippen molar-refractivity contribution in [1.82, 2.24) is 5.32 Å². The van der Waals surface area contributed by atoms with E-state index in [0.29, 0.717) is 6.54 Å². The molecule has 1 aromatic carbocycles. The monoisotopic (exact) mass is 191 g/mol. The molecule has 0 bridgehead atoms. The number of hydrogen-bond acceptors (Lipinski definition) is 2. The minimum Gasteiger partial charge on any atom is -0.480 e. The van der Waals surface area contributed by atoms with Crippen LogP contribution in [-0.2, 0) is 11.3 Å². The Morgan fingerprint density at radius 1 is 1.43 bits per heavy atom. The van der Waals surface area contributed by atoms with E-state index in [1.54, 1.807) is 6.08 Å². The van der Waals surface area contributed by atoms with E-state index in [-0.39, 0.29) is 6.54 Å². The Kier molecular flexibility index (Phi) is 3.88. The lowest BCUT2D eigenvalue weighted by molar-refractivity contribution is -0.135. The SMILES string of the molecule is C=Cc1ccc(CNCC(=O)O)cc1. The molecule has 14 heavy (non-hydrogen) atoms. The van der Waals surface area contributed by atoms with Crippen LogP contribution in [0, 0.1) is 0 Å². The fraction of sp³-hybridized carbons (Fsp3) is 0.182. The second-order valence-corrected chi connectivity index (χ2v) is 2.94. The first-order chi connectivity index (χ1) is 6.72. The van der Waals surface area contributed by atoms with E-state index in [2.05, 4.69) is 11.9 Å². The third-order valence-electron chi connectivity index (χ3n) is 1.82. The smallest absolute Gasteiger partial charge is 0.317 e. The zero-order valence-corrected chi connectivity index (χ0v) is 7.86. The van der Waals surface area contributed by atoms with Crippen LogP contribution >= 0.6 is 0 Å². The number of aliphatic carboxylic acids is 1. The summed E-state index contributed by atoms with van der Waals surface area (Å²) in [6.45, 7) is 4.22. The van der Waals surface area contributed by atoms with E-state index in [1.165, 1.54) is 0 Å². The molecule has 0 spiro atoms. The van der Waals surface area contributed by atoms with Crippen LogP contribution in [0.3, 0.4) is 0 Å². The normalized spacial score (nSPS) is 9.71. The van der Waals surface area contributed by atoms with E-state index in [9.17, 15) is 4.79 Å². The maximum atomic E-state index is 10.2. The zero-order chi connectivity index (χ0) is 10.4. The summed E-state index contributed by atoms with van der Waals surface area (Å²) in [5, 5.41) is 11.2. The van der Waals surface area contributed by atoms with Crippen LogP contribution in [0.25, 0.3) is 6.08 Å². The van der Waals surface area contributed by atoms with Crippen molar-refractivity contribution in [3.05, 3.63) is 42.0 Å². The summed E-state index contributed by atoms with van der Waals surface area (Å²) < 4.78 is 0. The van der Waals surface area contributed by atoms with Crippen LogP contribution in [0.15, 0.2) is 30.8 Å². The van der Waals surface area contributed by atoms with Gasteiger partial charge in [0, 0.05) is 6.54 Å². The number of nitrogens with one attached hydrogen (secondary N) is 1. The number of benzene rings is 1. The highest BCUT2D eigenvalue weighted by molar-refractivity contribution is 5.69. The first-order valence-corrected chi connectivity index (χ1v) is 4.36. The van der Waals surface area contributed by atoms with Crippen molar-refractivity contribution in [3.63, 3.8) is 0 Å². The van der Waals surface area contributed by atoms with Crippen molar-refractivity contribution in [2.45, 2.75) is 6.54 Å². The molecule has 0 aliphatic carbocycles. The highest BCUT2D eigenvalue weighted by Gasteiger charge is 1.96. The van der Waals surface area contributed by atoms with Gasteiger partial charge in [-0.05, 0) is 11.1 Å². The zero-order valence-electron chi connectivity index (χ0n) is 7.86. The summed E-state index contributed by atoms with van der Waals surface area (Å²) in [5.74, 6) is -0.840. The first kappa shape index (κ1) is 10.5. The lowest BCUT2D eigenvalue weighted by Crippen LogP contribution is -2.21. The van der Waals surface area contributed by atoms with Crippen LogP contribution in [0.1, 0.15) is 11.1 Å². The van der Waals surface area contributed by atoms with Gasteiger partial charge in [0.05, 0.1) is 6.54 Å². The topological polar surface area (TPSA) is 49.3 Å². The van der Waals surface area contributed by atoms with Crippen LogP contribution in [0.5, 0.6) is 0 Å². The molecule has 0 aliphatic rings. The predicted molar refractivity (Wildman–Crippen MR) is 55.9 cm³/mol. The molecule has 0 aliphatic heterocycles. The molecule has 2 N–H and O–H groups in total. The molecule has 0 heterocycles. The molecule has 0 saturated heterocycles. The maximum Gasteiger partial charge on any atom is 0.317 e. The third-order valence-corrected chi connectivity index (χ3v) is 1.82. The molecular formula is C11H13NO2. The molecule has 0 unspecified atom stereocenters. The Balaban J connectivity index is 2.43. The molecule has 3 heteroatoms. The Morgan fingerprint density at radius 3 is 2.57 bits per heavy atom. The van der Waals surface area contributed by atoms with Crippen molar-refractivity contribution in [1.29, 1.82) is 0 Å². The van der Waals surface area contributed by atoms with Crippen LogP contribution in [0.4, 0.5) is 0 Å². The van der Waals surface area contributed by atoms with Gasteiger partial charge in [-0.25, -0.2) is 0 Å². The molecule has 0 amide bonds. The number of hydrogen-bond donors (Lipinski definition) is 2. The molecule has 0 aromatic heterocycles. The third kappa shape index (κ3) is 3.41. The van der Waals surface area contributed by atoms with Gasteiger partial charge in [-0.2, -0.15) is 0 Å². The molecule has 0 saturated carbocycles. The number of rotatable bonds is 5. The summed E-state index contributed by atoms with van der Waals surface area (Å²) in [5.41, 5.74) is 2.13. The van der Waals surface area contributed by atoms with Crippen molar-refractivity contribution < 1.29 is 9.90 Å². The Morgan fingerprint density at radius 2 is 2.07 bits per heavy atom. The highest BCUT2D eigenvalue weighted by atomic mass is 16.4. The minimum atomic E-state index is -0.840. The lowest BCUT2D eigenvalue weighted by atomic mass is 10.1. The fourth-order valence-electron chi connectivity index (χ4n) is 1.09. The average molecular weight is 191 g/mol. The predicted octanol–water partition coefficient (Wildman–Crippen LogP) is 1.50. The second kappa shape index (κ2) is 5.19. The van der Waals surface area contributed by atoms with Gasteiger partial charge in [0.2, 0.25) is 0 Å². The van der Waals surface area contributed by atoms with E-state index in [4.69, 9.17) is 5.11 Å². The summed E-state index contributed by atoms with van der Waals surface area (Å²) >= 11 is 0. The van der Waals surface area contributed by atoms with Gasteiger partial charge in [-0.15, -0.1) is 0 Å². The summed E-state index contributed by atoms with van der Waals surface area (Å²) in [6.07, 6.45) is 1.77. The van der Waals surface area contributed by atoms with E-state index in [0.717, 1.165) is 11.1 Å². The van der Waals surface area contributed by atoms with E-state index < -0.39 is 5.97 Å². The Hall–Kier alpha value is -1.61. The largest absolute Gasteiger partial charge is 0.480 e. The molecule has 0 radical (unpaired) electrons. The van der Waals surface area contributed by atoms with Crippen molar-refractivity contribution in [2.75, 3.05) is 6.54 Å². The number of carboxylic acid groups (broad SMARTS) is 1. The standard InChI is InChI=1S/C11H13NO2/c1-2-9-3-5-10(6-4-9)7-12-8-11(13)14/h2-6,12H,1,7-8H2,(H,13,14). The van der Waals surface area contributed by atoms with Crippen LogP contribution in [0.2, 0.25) is 0 Å². The molecule has 1 aromatic rings. The highest BCUT2D eigenvalue weighted by Crippen LogP contribution is 2.04. The second-order valence-electron chi connectivity index (χ2n) is 2.94. The summed E-state index contributed by atoms with van der Waals surface area (Å²) in [4.78, 5) is 10.2. The van der Waals surface area contributed by atoms with Crippen molar-refractivity contribution >= 4 is 12.0 Å². The van der Waals surface area contributed by atoms with Gasteiger partial charge in [0.15, 0.2) is 0 Å². The molecule has 0 atom stereocenters. The van der Waals surface area contributed by atoms with Gasteiger partial charge < -0.3 is 10.4 Å². The van der Waals surface area contributed by atoms with Crippen LogP contribution in [-0.4, -0.2) is 17.6 Å². The summed E-state index contributed by atoms with van der Waals surface area (Å²) in [7, 11) is 0. The Bertz CT molecular complexity index is 317. The molecule has 3 nitrogen and oxygen atoms in total. The van der Waals surface area contributed by atoms with Gasteiger partial charge >= 0.3 is 5.97 Å². The molecule has 0 fully saturated rings. The molecule has 74 valence electrons. The summed E-state index contributed by atoms with van der Waals surface area (Å²) in [6, 6.07) is 7.80. The average Bonchev–Trinajstić information content (AvgIpc) is 2.18. The molecule has 1 rings (SSSR count). The fourth-order valence-corrected chi connectivity index (χ4v) is 1.09. The van der Waals surface area contributed by atoms with Gasteiger partial charge in [-0.3, -0.25) is 4.79 Å². The van der Waals surface area contributed by atoms with Crippen molar-refractivity contribution in [3.8, 4) is 0 Å². The Labute approximate surface area is 83.1 Å². The van der Waals surface area contributed by atoms with E-state index >= 15 is 0 Å². The number of carbonyl (C=O) groups is 1. The minimum absolute atomic E-state index is 0.0107. The first-order valence-electron chi connectivity index (χ1n) is 4.36. The van der Waals surface area contributed by atoms with Gasteiger partial charge in [-0.1, -0.05) is 36.9 Å². The van der Waals surface area contributed by atoms with Crippen LogP contribution < -0.4 is 5.32 Å². The van der Waals surface area contributed by atoms with E-state index in [1.807, 2.05) is 24.3 Å².